The van der Waals surface area contributed by atoms with Gasteiger partial charge in [-0.1, -0.05) is 18.2 Å². The van der Waals surface area contributed by atoms with Crippen molar-refractivity contribution in [3.8, 4) is 0 Å². The third-order valence-corrected chi connectivity index (χ3v) is 3.70. The number of amides is 1. The van der Waals surface area contributed by atoms with E-state index in [2.05, 4.69) is 5.32 Å². The first-order valence-corrected chi connectivity index (χ1v) is 8.01. The van der Waals surface area contributed by atoms with E-state index in [1.807, 2.05) is 24.5 Å². The van der Waals surface area contributed by atoms with Crippen LogP contribution in [0, 0.1) is 0 Å². The van der Waals surface area contributed by atoms with E-state index in [0.717, 1.165) is 4.90 Å². The van der Waals surface area contributed by atoms with E-state index < -0.39 is 11.9 Å². The molecule has 0 atom stereocenters. The van der Waals surface area contributed by atoms with E-state index in [1.165, 1.54) is 24.3 Å². The van der Waals surface area contributed by atoms with Gasteiger partial charge in [-0.05, 0) is 36.6 Å². The van der Waals surface area contributed by atoms with Gasteiger partial charge in [0.25, 0.3) is 5.91 Å². The van der Waals surface area contributed by atoms with E-state index in [4.69, 9.17) is 4.74 Å². The molecule has 0 aliphatic heterocycles. The monoisotopic (exact) mass is 329 g/mol. The minimum Gasteiger partial charge on any atom is -0.452 e. The van der Waals surface area contributed by atoms with Gasteiger partial charge in [-0.25, -0.2) is 4.79 Å². The Morgan fingerprint density at radius 3 is 2.57 bits per heavy atom. The fraction of sp³-hybridized carbons (Fsp3) is 0.118. The van der Waals surface area contributed by atoms with Crippen molar-refractivity contribution < 1.29 is 19.1 Å². The maximum atomic E-state index is 11.8. The highest BCUT2D eigenvalue weighted by Crippen LogP contribution is 2.18. The van der Waals surface area contributed by atoms with Crippen LogP contribution in [0.25, 0.3) is 0 Å². The van der Waals surface area contributed by atoms with Gasteiger partial charge >= 0.3 is 5.97 Å². The third kappa shape index (κ3) is 4.96. The molecule has 0 saturated carbocycles. The highest BCUT2D eigenvalue weighted by Gasteiger charge is 2.10. The molecule has 0 spiro atoms. The summed E-state index contributed by atoms with van der Waals surface area (Å²) in [6.45, 7) is -0.377. The van der Waals surface area contributed by atoms with Crippen LogP contribution in [-0.2, 0) is 9.53 Å². The molecule has 23 heavy (non-hydrogen) atoms. The van der Waals surface area contributed by atoms with Gasteiger partial charge in [-0.3, -0.25) is 9.59 Å². The summed E-state index contributed by atoms with van der Waals surface area (Å²) in [4.78, 5) is 35.2. The molecule has 1 N–H and O–H groups in total. The van der Waals surface area contributed by atoms with Crippen LogP contribution in [-0.4, -0.2) is 31.0 Å². The van der Waals surface area contributed by atoms with Crippen LogP contribution in [0.1, 0.15) is 20.7 Å². The first kappa shape index (κ1) is 16.8. The van der Waals surface area contributed by atoms with Gasteiger partial charge in [0.1, 0.15) is 6.29 Å². The zero-order valence-electron chi connectivity index (χ0n) is 12.4. The number of nitrogens with one attached hydrogen (secondary N) is 1. The lowest BCUT2D eigenvalue weighted by atomic mass is 10.1. The van der Waals surface area contributed by atoms with E-state index in [-0.39, 0.29) is 12.2 Å². The molecule has 5 nitrogen and oxygen atoms in total. The molecule has 0 aliphatic carbocycles. The summed E-state index contributed by atoms with van der Waals surface area (Å²) < 4.78 is 4.95. The van der Waals surface area contributed by atoms with Gasteiger partial charge in [-0.15, -0.1) is 11.8 Å². The van der Waals surface area contributed by atoms with Crippen molar-refractivity contribution in [1.82, 2.24) is 0 Å². The van der Waals surface area contributed by atoms with E-state index >= 15 is 0 Å². The molecule has 0 bridgehead atoms. The Hall–Kier alpha value is -2.60. The summed E-state index contributed by atoms with van der Waals surface area (Å²) in [6, 6.07) is 13.3. The van der Waals surface area contributed by atoms with Gasteiger partial charge < -0.3 is 10.1 Å². The number of hydrogen-bond donors (Lipinski definition) is 1. The number of ether oxygens (including phenoxy) is 1. The quantitative estimate of drug-likeness (QED) is 0.501. The predicted octanol–water partition coefficient (Wildman–Crippen LogP) is 3.02. The van der Waals surface area contributed by atoms with Gasteiger partial charge in [-0.2, -0.15) is 0 Å². The van der Waals surface area contributed by atoms with Gasteiger partial charge in [0.05, 0.1) is 5.56 Å². The van der Waals surface area contributed by atoms with Crippen LogP contribution in [0.2, 0.25) is 0 Å². The lowest BCUT2D eigenvalue weighted by Gasteiger charge is -2.07. The molecular formula is C17H15NO4S. The summed E-state index contributed by atoms with van der Waals surface area (Å²) in [5, 5.41) is 2.67. The Morgan fingerprint density at radius 2 is 1.91 bits per heavy atom. The molecule has 0 fully saturated rings. The molecule has 0 radical (unpaired) electrons. The Kier molecular flexibility index (Phi) is 5.94. The van der Waals surface area contributed by atoms with E-state index in [9.17, 15) is 14.4 Å². The number of aldehydes is 1. The van der Waals surface area contributed by atoms with Crippen LogP contribution in [0.5, 0.6) is 0 Å². The van der Waals surface area contributed by atoms with Gasteiger partial charge in [0.2, 0.25) is 0 Å². The van der Waals surface area contributed by atoms with E-state index in [1.54, 1.807) is 17.8 Å². The van der Waals surface area contributed by atoms with Crippen molar-refractivity contribution in [2.45, 2.75) is 4.90 Å². The molecule has 2 rings (SSSR count). The van der Waals surface area contributed by atoms with Gasteiger partial charge in [0, 0.05) is 16.1 Å². The summed E-state index contributed by atoms with van der Waals surface area (Å²) in [7, 11) is 0. The molecule has 0 aromatic heterocycles. The summed E-state index contributed by atoms with van der Waals surface area (Å²) in [5.41, 5.74) is 1.40. The third-order valence-electron chi connectivity index (χ3n) is 2.97. The molecular weight excluding hydrogens is 314 g/mol. The first-order valence-electron chi connectivity index (χ1n) is 6.78. The van der Waals surface area contributed by atoms with Crippen molar-refractivity contribution in [3.63, 3.8) is 0 Å². The van der Waals surface area contributed by atoms with Crippen LogP contribution >= 0.6 is 11.8 Å². The molecule has 6 heteroatoms. The molecule has 0 saturated heterocycles. The van der Waals surface area contributed by atoms with Crippen molar-refractivity contribution in [1.29, 1.82) is 0 Å². The molecule has 2 aromatic rings. The molecule has 1 amide bonds. The van der Waals surface area contributed by atoms with E-state index in [0.29, 0.717) is 17.5 Å². The summed E-state index contributed by atoms with van der Waals surface area (Å²) >= 11 is 1.57. The number of rotatable bonds is 6. The number of anilines is 1. The second-order valence-corrected chi connectivity index (χ2v) is 5.48. The Bertz CT molecular complexity index is 713. The standard InChI is InChI=1S/C17H15NO4S/c1-23-15-4-2-3-14(9-15)18-16(20)11-22-17(21)13-7-5-12(10-19)6-8-13/h2-10H,11H2,1H3,(H,18,20). The maximum Gasteiger partial charge on any atom is 0.338 e. The molecule has 118 valence electrons. The lowest BCUT2D eigenvalue weighted by molar-refractivity contribution is -0.119. The molecule has 0 heterocycles. The SMILES string of the molecule is CSc1cccc(NC(=O)COC(=O)c2ccc(C=O)cc2)c1. The average Bonchev–Trinajstić information content (AvgIpc) is 2.60. The highest BCUT2D eigenvalue weighted by atomic mass is 32.2. The van der Waals surface area contributed by atoms with Crippen molar-refractivity contribution in [2.24, 2.45) is 0 Å². The van der Waals surface area contributed by atoms with Crippen LogP contribution in [0.3, 0.4) is 0 Å². The zero-order valence-corrected chi connectivity index (χ0v) is 13.3. The number of thioether (sulfide) groups is 1. The lowest BCUT2D eigenvalue weighted by Crippen LogP contribution is -2.20. The fourth-order valence-corrected chi connectivity index (χ4v) is 2.27. The summed E-state index contributed by atoms with van der Waals surface area (Å²) in [6.07, 6.45) is 2.63. The van der Waals surface area contributed by atoms with Crippen LogP contribution < -0.4 is 5.32 Å². The average molecular weight is 329 g/mol. The largest absolute Gasteiger partial charge is 0.452 e. The highest BCUT2D eigenvalue weighted by molar-refractivity contribution is 7.98. The van der Waals surface area contributed by atoms with Crippen LogP contribution in [0.4, 0.5) is 5.69 Å². The van der Waals surface area contributed by atoms with Crippen molar-refractivity contribution >= 4 is 35.6 Å². The normalized spacial score (nSPS) is 9.96. The molecule has 2 aromatic carbocycles. The number of carbonyl (C=O) groups is 3. The first-order chi connectivity index (χ1) is 11.1. The van der Waals surface area contributed by atoms with Crippen molar-refractivity contribution in [3.05, 3.63) is 59.7 Å². The molecule has 0 unspecified atom stereocenters. The number of hydrogen-bond acceptors (Lipinski definition) is 5. The minimum absolute atomic E-state index is 0.285. The summed E-state index contributed by atoms with van der Waals surface area (Å²) in [5.74, 6) is -1.03. The number of carbonyl (C=O) groups excluding carboxylic acids is 3. The Labute approximate surface area is 138 Å². The van der Waals surface area contributed by atoms with Crippen molar-refractivity contribution in [2.75, 3.05) is 18.2 Å². The maximum absolute atomic E-state index is 11.8. The second-order valence-electron chi connectivity index (χ2n) is 4.60. The minimum atomic E-state index is -0.615. The number of benzene rings is 2. The van der Waals surface area contributed by atoms with Gasteiger partial charge in [0.15, 0.2) is 6.61 Å². The fourth-order valence-electron chi connectivity index (χ4n) is 1.81. The Balaban J connectivity index is 1.87. The second kappa shape index (κ2) is 8.14. The molecule has 0 aliphatic rings. The predicted molar refractivity (Wildman–Crippen MR) is 89.0 cm³/mol. The topological polar surface area (TPSA) is 72.5 Å². The Morgan fingerprint density at radius 1 is 1.17 bits per heavy atom. The van der Waals surface area contributed by atoms with Crippen LogP contribution in [0.15, 0.2) is 53.4 Å². The number of esters is 1. The smallest absolute Gasteiger partial charge is 0.338 e. The zero-order chi connectivity index (χ0) is 16.7.